The van der Waals surface area contributed by atoms with Crippen LogP contribution in [0.1, 0.15) is 22.7 Å². The highest BCUT2D eigenvalue weighted by molar-refractivity contribution is 9.10. The lowest BCUT2D eigenvalue weighted by Gasteiger charge is -2.17. The fourth-order valence-corrected chi connectivity index (χ4v) is 2.71. The van der Waals surface area contributed by atoms with Crippen LogP contribution in [0.5, 0.6) is 0 Å². The van der Waals surface area contributed by atoms with E-state index in [4.69, 9.17) is 5.84 Å². The maximum atomic E-state index is 5.68. The number of hydrogen-bond acceptors (Lipinski definition) is 3. The van der Waals surface area contributed by atoms with Gasteiger partial charge >= 0.3 is 0 Å². The molecule has 0 aliphatic carbocycles. The fourth-order valence-electron chi connectivity index (χ4n) is 1.90. The summed E-state index contributed by atoms with van der Waals surface area (Å²) in [6, 6.07) is 8.40. The van der Waals surface area contributed by atoms with Gasteiger partial charge in [-0.25, -0.2) is 0 Å². The standard InChI is InChI=1S/C14H15Br2N3/c1-9-2-3-11(6-13(9)16)14(19-17)5-10-4-12(15)8-18-7-10/h2-4,6-8,14,19H,5,17H2,1H3. The predicted octanol–water partition coefficient (Wildman–Crippen LogP) is 3.66. The molecule has 0 radical (unpaired) electrons. The molecule has 0 aliphatic rings. The van der Waals surface area contributed by atoms with Gasteiger partial charge in [0.1, 0.15) is 0 Å². The van der Waals surface area contributed by atoms with Gasteiger partial charge in [0.15, 0.2) is 0 Å². The van der Waals surface area contributed by atoms with Gasteiger partial charge in [-0.15, -0.1) is 0 Å². The molecule has 0 fully saturated rings. The largest absolute Gasteiger partial charge is 0.271 e. The summed E-state index contributed by atoms with van der Waals surface area (Å²) in [5.74, 6) is 5.68. The molecule has 1 atom stereocenters. The number of hydrogen-bond donors (Lipinski definition) is 2. The Hall–Kier alpha value is -0.750. The lowest BCUT2D eigenvalue weighted by atomic mass is 9.99. The average Bonchev–Trinajstić information content (AvgIpc) is 2.39. The van der Waals surface area contributed by atoms with E-state index in [1.807, 2.05) is 6.20 Å². The second kappa shape index (κ2) is 6.61. The minimum Gasteiger partial charge on any atom is -0.271 e. The third-order valence-corrected chi connectivity index (χ3v) is 4.29. The SMILES string of the molecule is Cc1ccc(C(Cc2cncc(Br)c2)NN)cc1Br. The van der Waals surface area contributed by atoms with Gasteiger partial charge in [-0.2, -0.15) is 0 Å². The maximum Gasteiger partial charge on any atom is 0.0501 e. The van der Waals surface area contributed by atoms with Crippen molar-refractivity contribution in [3.8, 4) is 0 Å². The molecule has 0 saturated heterocycles. The molecule has 3 nitrogen and oxygen atoms in total. The zero-order valence-corrected chi connectivity index (χ0v) is 13.7. The van der Waals surface area contributed by atoms with Crippen molar-refractivity contribution in [3.63, 3.8) is 0 Å². The Bertz CT molecular complexity index is 572. The summed E-state index contributed by atoms with van der Waals surface area (Å²) in [7, 11) is 0. The van der Waals surface area contributed by atoms with Crippen molar-refractivity contribution in [1.82, 2.24) is 10.4 Å². The molecule has 100 valence electrons. The normalized spacial score (nSPS) is 12.4. The van der Waals surface area contributed by atoms with E-state index in [9.17, 15) is 0 Å². The molecule has 0 spiro atoms. The summed E-state index contributed by atoms with van der Waals surface area (Å²) in [5.41, 5.74) is 6.37. The number of hydrazine groups is 1. The van der Waals surface area contributed by atoms with Crippen molar-refractivity contribution in [1.29, 1.82) is 0 Å². The van der Waals surface area contributed by atoms with Gasteiger partial charge in [-0.3, -0.25) is 16.3 Å². The van der Waals surface area contributed by atoms with Crippen LogP contribution in [-0.4, -0.2) is 4.98 Å². The fraction of sp³-hybridized carbons (Fsp3) is 0.214. The summed E-state index contributed by atoms with van der Waals surface area (Å²) in [4.78, 5) is 4.17. The molecule has 1 aromatic carbocycles. The monoisotopic (exact) mass is 383 g/mol. The molecule has 0 bridgehead atoms. The molecule has 19 heavy (non-hydrogen) atoms. The molecular formula is C14H15Br2N3. The summed E-state index contributed by atoms with van der Waals surface area (Å²) < 4.78 is 2.07. The van der Waals surface area contributed by atoms with Gasteiger partial charge in [-0.1, -0.05) is 28.1 Å². The van der Waals surface area contributed by atoms with Gasteiger partial charge in [0.25, 0.3) is 0 Å². The topological polar surface area (TPSA) is 50.9 Å². The van der Waals surface area contributed by atoms with Crippen molar-refractivity contribution >= 4 is 31.9 Å². The van der Waals surface area contributed by atoms with E-state index in [0.717, 1.165) is 26.5 Å². The molecule has 1 heterocycles. The van der Waals surface area contributed by atoms with Crippen molar-refractivity contribution in [2.75, 3.05) is 0 Å². The Morgan fingerprint density at radius 3 is 2.68 bits per heavy atom. The number of nitrogens with zero attached hydrogens (tertiary/aromatic N) is 1. The number of benzene rings is 1. The molecule has 1 aromatic heterocycles. The van der Waals surface area contributed by atoms with Gasteiger partial charge in [-0.05, 0) is 58.1 Å². The van der Waals surface area contributed by atoms with Crippen molar-refractivity contribution in [3.05, 3.63) is 62.3 Å². The van der Waals surface area contributed by atoms with Crippen LogP contribution in [0.25, 0.3) is 0 Å². The van der Waals surface area contributed by atoms with Crippen LogP contribution >= 0.6 is 31.9 Å². The van der Waals surface area contributed by atoms with Crippen LogP contribution in [0.2, 0.25) is 0 Å². The van der Waals surface area contributed by atoms with Gasteiger partial charge in [0, 0.05) is 21.3 Å². The van der Waals surface area contributed by atoms with Crippen molar-refractivity contribution < 1.29 is 0 Å². The molecule has 0 amide bonds. The highest BCUT2D eigenvalue weighted by Crippen LogP contribution is 2.24. The minimum atomic E-state index is 0.0630. The number of pyridine rings is 1. The Labute approximate surface area is 129 Å². The van der Waals surface area contributed by atoms with Crippen LogP contribution in [0, 0.1) is 6.92 Å². The molecule has 2 aromatic rings. The molecule has 1 unspecified atom stereocenters. The van der Waals surface area contributed by atoms with E-state index >= 15 is 0 Å². The van der Waals surface area contributed by atoms with Crippen LogP contribution in [0.4, 0.5) is 0 Å². The first kappa shape index (κ1) is 14.7. The van der Waals surface area contributed by atoms with E-state index < -0.39 is 0 Å². The first-order valence-electron chi connectivity index (χ1n) is 5.91. The molecule has 0 saturated carbocycles. The highest BCUT2D eigenvalue weighted by atomic mass is 79.9. The third-order valence-electron chi connectivity index (χ3n) is 3.00. The zero-order valence-electron chi connectivity index (χ0n) is 10.5. The third kappa shape index (κ3) is 3.86. The van der Waals surface area contributed by atoms with E-state index in [-0.39, 0.29) is 6.04 Å². The Morgan fingerprint density at radius 1 is 1.26 bits per heavy atom. The highest BCUT2D eigenvalue weighted by Gasteiger charge is 2.12. The smallest absolute Gasteiger partial charge is 0.0501 e. The summed E-state index contributed by atoms with van der Waals surface area (Å²) in [6.45, 7) is 2.07. The quantitative estimate of drug-likeness (QED) is 0.624. The van der Waals surface area contributed by atoms with Crippen LogP contribution in [0.15, 0.2) is 45.6 Å². The van der Waals surface area contributed by atoms with Crippen LogP contribution in [-0.2, 0) is 6.42 Å². The van der Waals surface area contributed by atoms with E-state index in [2.05, 4.69) is 73.5 Å². The Morgan fingerprint density at radius 2 is 2.05 bits per heavy atom. The molecular weight excluding hydrogens is 370 g/mol. The summed E-state index contributed by atoms with van der Waals surface area (Å²) in [6.07, 6.45) is 4.42. The summed E-state index contributed by atoms with van der Waals surface area (Å²) >= 11 is 6.98. The summed E-state index contributed by atoms with van der Waals surface area (Å²) in [5, 5.41) is 0. The first-order valence-corrected chi connectivity index (χ1v) is 7.50. The van der Waals surface area contributed by atoms with E-state index in [0.29, 0.717) is 0 Å². The number of aromatic nitrogens is 1. The van der Waals surface area contributed by atoms with Crippen molar-refractivity contribution in [2.24, 2.45) is 5.84 Å². The van der Waals surface area contributed by atoms with Crippen LogP contribution in [0.3, 0.4) is 0 Å². The number of rotatable bonds is 4. The molecule has 2 rings (SSSR count). The lowest BCUT2D eigenvalue weighted by Crippen LogP contribution is -2.29. The van der Waals surface area contributed by atoms with Crippen molar-refractivity contribution in [2.45, 2.75) is 19.4 Å². The second-order valence-electron chi connectivity index (χ2n) is 4.44. The van der Waals surface area contributed by atoms with E-state index in [1.165, 1.54) is 5.56 Å². The first-order chi connectivity index (χ1) is 9.10. The Kier molecular flexibility index (Phi) is 5.10. The Balaban J connectivity index is 2.22. The number of nitrogens with two attached hydrogens (primary N) is 1. The molecule has 0 aliphatic heterocycles. The lowest BCUT2D eigenvalue weighted by molar-refractivity contribution is 0.551. The number of nitrogens with one attached hydrogen (secondary N) is 1. The van der Waals surface area contributed by atoms with Gasteiger partial charge in [0.2, 0.25) is 0 Å². The zero-order chi connectivity index (χ0) is 13.8. The maximum absolute atomic E-state index is 5.68. The minimum absolute atomic E-state index is 0.0630. The molecule has 5 heteroatoms. The average molecular weight is 385 g/mol. The van der Waals surface area contributed by atoms with Gasteiger partial charge in [0.05, 0.1) is 6.04 Å². The second-order valence-corrected chi connectivity index (χ2v) is 6.21. The number of aryl methyl sites for hydroxylation is 1. The van der Waals surface area contributed by atoms with E-state index in [1.54, 1.807) is 6.20 Å². The molecule has 3 N–H and O–H groups in total. The number of halogens is 2. The predicted molar refractivity (Wildman–Crippen MR) is 84.6 cm³/mol. The van der Waals surface area contributed by atoms with Gasteiger partial charge < -0.3 is 0 Å². The van der Waals surface area contributed by atoms with Crippen LogP contribution < -0.4 is 11.3 Å².